The second-order valence-electron chi connectivity index (χ2n) is 14.4. The Balaban J connectivity index is 1.55. The van der Waals surface area contributed by atoms with E-state index < -0.39 is 0 Å². The number of fused-ring (bicyclic) bond motifs is 7. The van der Waals surface area contributed by atoms with Crippen molar-refractivity contribution in [2.45, 2.75) is 119 Å². The van der Waals surface area contributed by atoms with Crippen LogP contribution in [-0.4, -0.2) is 17.0 Å². The first kappa shape index (κ1) is 22.4. The predicted molar refractivity (Wildman–Crippen MR) is 127 cm³/mol. The molecule has 0 amide bonds. The van der Waals surface area contributed by atoms with Crippen molar-refractivity contribution < 1.29 is 9.90 Å². The molecule has 1 N–H and O–H groups in total. The summed E-state index contributed by atoms with van der Waals surface area (Å²) in [6, 6.07) is 0. The smallest absolute Gasteiger partial charge is 0.133 e. The van der Waals surface area contributed by atoms with Crippen LogP contribution < -0.4 is 0 Å². The first-order valence-corrected chi connectivity index (χ1v) is 13.5. The van der Waals surface area contributed by atoms with Crippen LogP contribution in [0.4, 0.5) is 0 Å². The van der Waals surface area contributed by atoms with Crippen molar-refractivity contribution in [2.24, 2.45) is 56.7 Å². The summed E-state index contributed by atoms with van der Waals surface area (Å²) in [6.07, 6.45) is 12.3. The highest BCUT2D eigenvalue weighted by Crippen LogP contribution is 2.77. The van der Waals surface area contributed by atoms with E-state index in [1.54, 1.807) is 6.92 Å². The number of carbonyl (C=O) groups excluding carboxylic acids is 1. The number of hydrogen-bond donors (Lipinski definition) is 1. The highest BCUT2D eigenvalue weighted by molar-refractivity contribution is 5.79. The molecule has 176 valence electrons. The van der Waals surface area contributed by atoms with Gasteiger partial charge in [0.05, 0.1) is 6.10 Å². The minimum absolute atomic E-state index is 0.0824. The number of rotatable bonds is 1. The van der Waals surface area contributed by atoms with E-state index in [4.69, 9.17) is 0 Å². The Kier molecular flexibility index (Phi) is 4.78. The average molecular weight is 429 g/mol. The van der Waals surface area contributed by atoms with Crippen molar-refractivity contribution in [3.63, 3.8) is 0 Å². The summed E-state index contributed by atoms with van der Waals surface area (Å²) in [5.74, 6) is 3.01. The lowest BCUT2D eigenvalue weighted by molar-refractivity contribution is -0.249. The lowest BCUT2D eigenvalue weighted by Gasteiger charge is -2.73. The Morgan fingerprint density at radius 3 is 2.06 bits per heavy atom. The maximum atomic E-state index is 12.5. The van der Waals surface area contributed by atoms with Crippen LogP contribution in [0.1, 0.15) is 113 Å². The van der Waals surface area contributed by atoms with Crippen LogP contribution in [0, 0.1) is 56.7 Å². The number of aliphatic hydroxyl groups excluding tert-OH is 1. The maximum Gasteiger partial charge on any atom is 0.133 e. The SMILES string of the molecule is CC(=O)[C@H]1C[C@@H](O)[C@@]2(C)C1CC[C@]1(C)C2CCC2[C@@]3(C)CCCC(C)(C)C3CC[C@]21C. The van der Waals surface area contributed by atoms with Gasteiger partial charge in [0.2, 0.25) is 0 Å². The number of carbonyl (C=O) groups is 1. The maximum absolute atomic E-state index is 12.5. The summed E-state index contributed by atoms with van der Waals surface area (Å²) in [5.41, 5.74) is 1.50. The van der Waals surface area contributed by atoms with Gasteiger partial charge in [0.15, 0.2) is 0 Å². The molecule has 31 heavy (non-hydrogen) atoms. The third-order valence-corrected chi connectivity index (χ3v) is 13.3. The molecule has 5 aliphatic carbocycles. The summed E-state index contributed by atoms with van der Waals surface area (Å²) >= 11 is 0. The second kappa shape index (κ2) is 6.61. The Hall–Kier alpha value is -0.370. The van der Waals surface area contributed by atoms with Crippen molar-refractivity contribution in [1.82, 2.24) is 0 Å². The molecule has 4 unspecified atom stereocenters. The number of hydrogen-bond acceptors (Lipinski definition) is 2. The van der Waals surface area contributed by atoms with Crippen LogP contribution in [0.2, 0.25) is 0 Å². The van der Waals surface area contributed by atoms with Crippen molar-refractivity contribution in [1.29, 1.82) is 0 Å². The lowest BCUT2D eigenvalue weighted by atomic mass is 9.32. The van der Waals surface area contributed by atoms with Gasteiger partial charge in [-0.2, -0.15) is 0 Å². The first-order valence-electron chi connectivity index (χ1n) is 13.5. The molecule has 0 spiro atoms. The Morgan fingerprint density at radius 2 is 1.39 bits per heavy atom. The van der Waals surface area contributed by atoms with Crippen LogP contribution in [0.3, 0.4) is 0 Å². The van der Waals surface area contributed by atoms with Gasteiger partial charge in [-0.25, -0.2) is 0 Å². The topological polar surface area (TPSA) is 37.3 Å². The molecule has 10 atom stereocenters. The van der Waals surface area contributed by atoms with Gasteiger partial charge in [-0.1, -0.05) is 48.0 Å². The molecule has 2 nitrogen and oxygen atoms in total. The molecule has 5 aliphatic rings. The van der Waals surface area contributed by atoms with Crippen LogP contribution in [0.25, 0.3) is 0 Å². The Labute approximate surface area is 191 Å². The Bertz CT molecular complexity index is 771. The fraction of sp³-hybridized carbons (Fsp3) is 0.966. The highest BCUT2D eigenvalue weighted by atomic mass is 16.3. The van der Waals surface area contributed by atoms with E-state index in [0.29, 0.717) is 40.3 Å². The lowest BCUT2D eigenvalue weighted by Crippen LogP contribution is -2.66. The van der Waals surface area contributed by atoms with Crippen LogP contribution in [0.5, 0.6) is 0 Å². The van der Waals surface area contributed by atoms with Gasteiger partial charge in [0, 0.05) is 11.3 Å². The summed E-state index contributed by atoms with van der Waals surface area (Å²) in [4.78, 5) is 12.5. The third kappa shape index (κ3) is 2.58. The minimum atomic E-state index is -0.309. The molecule has 0 saturated heterocycles. The van der Waals surface area contributed by atoms with Gasteiger partial charge in [0.25, 0.3) is 0 Å². The quantitative estimate of drug-likeness (QED) is 0.486. The molecule has 0 radical (unpaired) electrons. The van der Waals surface area contributed by atoms with Gasteiger partial charge in [-0.15, -0.1) is 0 Å². The molecule has 2 heteroatoms. The molecule has 0 aliphatic heterocycles. The third-order valence-electron chi connectivity index (χ3n) is 13.3. The largest absolute Gasteiger partial charge is 0.393 e. The van der Waals surface area contributed by atoms with E-state index >= 15 is 0 Å². The van der Waals surface area contributed by atoms with Gasteiger partial charge in [-0.05, 0) is 110 Å². The number of aliphatic hydroxyl groups is 1. The fourth-order valence-corrected chi connectivity index (χ4v) is 11.7. The highest BCUT2D eigenvalue weighted by Gasteiger charge is 2.71. The summed E-state index contributed by atoms with van der Waals surface area (Å²) in [5, 5.41) is 11.4. The molecular formula is C29H48O2. The zero-order valence-corrected chi connectivity index (χ0v) is 21.4. The average Bonchev–Trinajstić information content (AvgIpc) is 2.93. The van der Waals surface area contributed by atoms with Crippen molar-refractivity contribution in [2.75, 3.05) is 0 Å². The second-order valence-corrected chi connectivity index (χ2v) is 14.4. The van der Waals surface area contributed by atoms with E-state index in [0.717, 1.165) is 18.3 Å². The van der Waals surface area contributed by atoms with E-state index in [2.05, 4.69) is 41.5 Å². The molecule has 0 aromatic rings. The van der Waals surface area contributed by atoms with Crippen molar-refractivity contribution in [3.05, 3.63) is 0 Å². The van der Waals surface area contributed by atoms with Gasteiger partial charge >= 0.3 is 0 Å². The van der Waals surface area contributed by atoms with Crippen LogP contribution >= 0.6 is 0 Å². The molecule has 0 heterocycles. The predicted octanol–water partition coefficient (Wildman–Crippen LogP) is 7.04. The summed E-state index contributed by atoms with van der Waals surface area (Å²) in [7, 11) is 0. The van der Waals surface area contributed by atoms with E-state index in [1.807, 2.05) is 0 Å². The zero-order chi connectivity index (χ0) is 22.6. The number of Topliss-reactive ketones (excluding diaryl/α,β-unsaturated/α-hetero) is 1. The van der Waals surface area contributed by atoms with Gasteiger partial charge in [0.1, 0.15) is 5.78 Å². The molecule has 5 fully saturated rings. The molecular weight excluding hydrogens is 380 g/mol. The molecule has 0 bridgehead atoms. The van der Waals surface area contributed by atoms with Crippen LogP contribution in [-0.2, 0) is 4.79 Å². The van der Waals surface area contributed by atoms with Crippen molar-refractivity contribution >= 4 is 5.78 Å². The van der Waals surface area contributed by atoms with E-state index in [1.165, 1.54) is 51.4 Å². The van der Waals surface area contributed by atoms with E-state index in [9.17, 15) is 9.90 Å². The van der Waals surface area contributed by atoms with Gasteiger partial charge < -0.3 is 5.11 Å². The minimum Gasteiger partial charge on any atom is -0.393 e. The van der Waals surface area contributed by atoms with Crippen LogP contribution in [0.15, 0.2) is 0 Å². The molecule has 0 aromatic heterocycles. The summed E-state index contributed by atoms with van der Waals surface area (Å²) in [6.45, 7) is 17.2. The van der Waals surface area contributed by atoms with Crippen molar-refractivity contribution in [3.8, 4) is 0 Å². The molecule has 5 rings (SSSR count). The molecule has 5 saturated carbocycles. The zero-order valence-electron chi connectivity index (χ0n) is 21.4. The van der Waals surface area contributed by atoms with Gasteiger partial charge in [-0.3, -0.25) is 4.79 Å². The first-order chi connectivity index (χ1) is 14.3. The normalized spacial score (nSPS) is 57.9. The molecule has 0 aromatic carbocycles. The fourth-order valence-electron chi connectivity index (χ4n) is 11.7. The standard InChI is InChI=1S/C29H48O2/c1-18(30)19-17-24(31)29(7)20(19)11-15-28(6)23(29)10-9-22-26(4)14-8-13-25(2,3)21(26)12-16-27(22,28)5/h19-24,31H,8-17H2,1-7H3/t19-,20?,21?,22?,23?,24-,26+,27-,28-,29+/m1/s1. The number of ketones is 1. The summed E-state index contributed by atoms with van der Waals surface area (Å²) < 4.78 is 0. The Morgan fingerprint density at radius 1 is 0.774 bits per heavy atom. The van der Waals surface area contributed by atoms with E-state index in [-0.39, 0.29) is 22.9 Å². The monoisotopic (exact) mass is 428 g/mol.